The summed E-state index contributed by atoms with van der Waals surface area (Å²) in [5.41, 5.74) is 2.48. The van der Waals surface area contributed by atoms with Crippen molar-refractivity contribution in [1.29, 1.82) is 0 Å². The molecule has 132 valence electrons. The summed E-state index contributed by atoms with van der Waals surface area (Å²) in [6.45, 7) is 8.70. The quantitative estimate of drug-likeness (QED) is 0.394. The van der Waals surface area contributed by atoms with Crippen LogP contribution in [0.3, 0.4) is 0 Å². The van der Waals surface area contributed by atoms with Crippen molar-refractivity contribution in [3.05, 3.63) is 53.9 Å². The first-order chi connectivity index (χ1) is 11.2. The fourth-order valence-electron chi connectivity index (χ4n) is 2.25. The van der Waals surface area contributed by atoms with Crippen molar-refractivity contribution in [2.45, 2.75) is 46.3 Å². The number of aromatic nitrogens is 2. The summed E-state index contributed by atoms with van der Waals surface area (Å²) < 4.78 is 1.94. The summed E-state index contributed by atoms with van der Waals surface area (Å²) in [6.07, 6.45) is 4.86. The van der Waals surface area contributed by atoms with E-state index in [1.165, 1.54) is 11.1 Å². The Hall–Kier alpha value is -1.57. The fraction of sp³-hybridized carbons (Fsp3) is 0.444. The van der Waals surface area contributed by atoms with E-state index in [1.54, 1.807) is 6.20 Å². The van der Waals surface area contributed by atoms with Gasteiger partial charge in [0.05, 0.1) is 13.1 Å². The lowest BCUT2D eigenvalue weighted by molar-refractivity contribution is 0.624. The zero-order valence-corrected chi connectivity index (χ0v) is 17.0. The predicted octanol–water partition coefficient (Wildman–Crippen LogP) is 3.40. The van der Waals surface area contributed by atoms with Gasteiger partial charge in [-0.25, -0.2) is 4.99 Å². The minimum absolute atomic E-state index is 0. The summed E-state index contributed by atoms with van der Waals surface area (Å²) in [7, 11) is 0. The van der Waals surface area contributed by atoms with E-state index < -0.39 is 0 Å². The first-order valence-corrected chi connectivity index (χ1v) is 8.32. The molecule has 1 aromatic heterocycles. The number of nitrogens with one attached hydrogen (secondary N) is 2. The van der Waals surface area contributed by atoms with E-state index in [1.807, 2.05) is 16.9 Å². The zero-order chi connectivity index (χ0) is 16.5. The SMILES string of the molecule is CCNC(=NCc1ccccc1Cn1cccn1)NC(C)CC.I. The minimum atomic E-state index is 0. The van der Waals surface area contributed by atoms with Crippen molar-refractivity contribution in [2.24, 2.45) is 4.99 Å². The zero-order valence-electron chi connectivity index (χ0n) is 14.7. The van der Waals surface area contributed by atoms with Crippen molar-refractivity contribution in [3.8, 4) is 0 Å². The third-order valence-corrected chi connectivity index (χ3v) is 3.76. The maximum absolute atomic E-state index is 4.73. The van der Waals surface area contributed by atoms with E-state index in [-0.39, 0.29) is 24.0 Å². The van der Waals surface area contributed by atoms with Gasteiger partial charge >= 0.3 is 0 Å². The summed E-state index contributed by atoms with van der Waals surface area (Å²) in [4.78, 5) is 4.73. The monoisotopic (exact) mass is 441 g/mol. The summed E-state index contributed by atoms with van der Waals surface area (Å²) in [5, 5.41) is 11.0. The molecule has 2 rings (SSSR count). The van der Waals surface area contributed by atoms with Crippen LogP contribution in [-0.2, 0) is 13.1 Å². The van der Waals surface area contributed by atoms with Crippen LogP contribution in [0.5, 0.6) is 0 Å². The third kappa shape index (κ3) is 6.51. The number of nitrogens with zero attached hydrogens (tertiary/aromatic N) is 3. The van der Waals surface area contributed by atoms with Gasteiger partial charge in [-0.1, -0.05) is 31.2 Å². The first kappa shape index (κ1) is 20.5. The fourth-order valence-corrected chi connectivity index (χ4v) is 2.25. The Morgan fingerprint density at radius 2 is 1.96 bits per heavy atom. The van der Waals surface area contributed by atoms with Crippen LogP contribution < -0.4 is 10.6 Å². The molecular formula is C18H28IN5. The van der Waals surface area contributed by atoms with Gasteiger partial charge in [-0.05, 0) is 37.5 Å². The minimum Gasteiger partial charge on any atom is -0.357 e. The van der Waals surface area contributed by atoms with Crippen molar-refractivity contribution in [1.82, 2.24) is 20.4 Å². The summed E-state index contributed by atoms with van der Waals surface area (Å²) in [6, 6.07) is 10.8. The van der Waals surface area contributed by atoms with Crippen molar-refractivity contribution in [2.75, 3.05) is 6.54 Å². The average Bonchev–Trinajstić information content (AvgIpc) is 3.07. The molecule has 2 aromatic rings. The number of rotatable bonds is 7. The highest BCUT2D eigenvalue weighted by Crippen LogP contribution is 2.11. The van der Waals surface area contributed by atoms with E-state index in [9.17, 15) is 0 Å². The smallest absolute Gasteiger partial charge is 0.191 e. The lowest BCUT2D eigenvalue weighted by Gasteiger charge is -2.16. The third-order valence-electron chi connectivity index (χ3n) is 3.76. The van der Waals surface area contributed by atoms with Gasteiger partial charge in [0.1, 0.15) is 0 Å². The van der Waals surface area contributed by atoms with Gasteiger partial charge in [0, 0.05) is 25.0 Å². The molecule has 0 spiro atoms. The highest BCUT2D eigenvalue weighted by Gasteiger charge is 2.05. The molecule has 0 radical (unpaired) electrons. The maximum atomic E-state index is 4.73. The largest absolute Gasteiger partial charge is 0.357 e. The molecule has 0 saturated carbocycles. The average molecular weight is 441 g/mol. The molecule has 1 heterocycles. The molecule has 0 aliphatic rings. The molecule has 24 heavy (non-hydrogen) atoms. The molecule has 0 saturated heterocycles. The van der Waals surface area contributed by atoms with Gasteiger partial charge in [0.25, 0.3) is 0 Å². The number of guanidine groups is 1. The molecule has 0 bridgehead atoms. The Labute approximate surface area is 162 Å². The highest BCUT2D eigenvalue weighted by atomic mass is 127. The lowest BCUT2D eigenvalue weighted by atomic mass is 10.1. The number of benzene rings is 1. The van der Waals surface area contributed by atoms with Crippen molar-refractivity contribution < 1.29 is 0 Å². The van der Waals surface area contributed by atoms with Gasteiger partial charge in [0.15, 0.2) is 5.96 Å². The Bertz CT molecular complexity index is 610. The van der Waals surface area contributed by atoms with E-state index in [0.717, 1.165) is 25.5 Å². The molecule has 0 aliphatic heterocycles. The van der Waals surface area contributed by atoms with Gasteiger partial charge in [-0.2, -0.15) is 5.10 Å². The van der Waals surface area contributed by atoms with Crippen LogP contribution in [0.2, 0.25) is 0 Å². The maximum Gasteiger partial charge on any atom is 0.191 e. The van der Waals surface area contributed by atoms with E-state index >= 15 is 0 Å². The van der Waals surface area contributed by atoms with E-state index in [0.29, 0.717) is 12.6 Å². The second kappa shape index (κ2) is 11.1. The standard InChI is InChI=1S/C18H27N5.HI/c1-4-15(3)22-18(19-5-2)20-13-16-9-6-7-10-17(16)14-23-12-8-11-21-23;/h6-12,15H,4-5,13-14H2,1-3H3,(H2,19,20,22);1H. The number of halogens is 1. The van der Waals surface area contributed by atoms with E-state index in [2.05, 4.69) is 60.8 Å². The number of hydrogen-bond acceptors (Lipinski definition) is 2. The van der Waals surface area contributed by atoms with E-state index in [4.69, 9.17) is 4.99 Å². The number of aliphatic imine (C=N–C) groups is 1. The van der Waals surface area contributed by atoms with Crippen LogP contribution in [0.1, 0.15) is 38.3 Å². The van der Waals surface area contributed by atoms with Crippen LogP contribution in [0.4, 0.5) is 0 Å². The van der Waals surface area contributed by atoms with Crippen LogP contribution >= 0.6 is 24.0 Å². The Balaban J connectivity index is 0.00000288. The van der Waals surface area contributed by atoms with Crippen LogP contribution in [-0.4, -0.2) is 28.3 Å². The van der Waals surface area contributed by atoms with Gasteiger partial charge in [-0.15, -0.1) is 24.0 Å². The van der Waals surface area contributed by atoms with Crippen LogP contribution in [0.15, 0.2) is 47.7 Å². The van der Waals surface area contributed by atoms with Crippen LogP contribution in [0.25, 0.3) is 0 Å². The molecule has 1 unspecified atom stereocenters. The highest BCUT2D eigenvalue weighted by molar-refractivity contribution is 14.0. The molecule has 0 amide bonds. The normalized spacial score (nSPS) is 12.4. The topological polar surface area (TPSA) is 54.2 Å². The second-order valence-electron chi connectivity index (χ2n) is 5.62. The van der Waals surface area contributed by atoms with Crippen molar-refractivity contribution >= 4 is 29.9 Å². The molecule has 0 fully saturated rings. The summed E-state index contributed by atoms with van der Waals surface area (Å²) >= 11 is 0. The first-order valence-electron chi connectivity index (χ1n) is 8.32. The Kier molecular flexibility index (Phi) is 9.44. The number of hydrogen-bond donors (Lipinski definition) is 2. The second-order valence-corrected chi connectivity index (χ2v) is 5.62. The lowest BCUT2D eigenvalue weighted by Crippen LogP contribution is -2.41. The molecule has 6 heteroatoms. The summed E-state index contributed by atoms with van der Waals surface area (Å²) in [5.74, 6) is 0.871. The molecule has 5 nitrogen and oxygen atoms in total. The molecule has 2 N–H and O–H groups in total. The van der Waals surface area contributed by atoms with Gasteiger partial charge < -0.3 is 10.6 Å². The predicted molar refractivity (Wildman–Crippen MR) is 111 cm³/mol. The molecule has 1 aromatic carbocycles. The molecular weight excluding hydrogens is 413 g/mol. The van der Waals surface area contributed by atoms with Crippen molar-refractivity contribution in [3.63, 3.8) is 0 Å². The van der Waals surface area contributed by atoms with Gasteiger partial charge in [0.2, 0.25) is 0 Å². The Morgan fingerprint density at radius 3 is 2.58 bits per heavy atom. The molecule has 0 aliphatic carbocycles. The van der Waals surface area contributed by atoms with Gasteiger partial charge in [-0.3, -0.25) is 4.68 Å². The molecule has 1 atom stereocenters. The Morgan fingerprint density at radius 1 is 1.21 bits per heavy atom. The van der Waals surface area contributed by atoms with Crippen LogP contribution in [0, 0.1) is 0 Å².